The molecule has 0 saturated carbocycles. The molecule has 0 bridgehead atoms. The van der Waals surface area contributed by atoms with Gasteiger partial charge in [-0.25, -0.2) is 9.97 Å². The van der Waals surface area contributed by atoms with Crippen molar-refractivity contribution in [3.05, 3.63) is 175 Å². The second-order valence-corrected chi connectivity index (χ2v) is 14.3. The predicted octanol–water partition coefficient (Wildman–Crippen LogP) is 8.77. The van der Waals surface area contributed by atoms with Gasteiger partial charge in [-0.2, -0.15) is 0 Å². The molecule has 0 spiro atoms. The van der Waals surface area contributed by atoms with Crippen LogP contribution in [0.5, 0.6) is 0 Å². The zero-order chi connectivity index (χ0) is 29.1. The van der Waals surface area contributed by atoms with Gasteiger partial charge in [-0.15, -0.1) is 0 Å². The highest BCUT2D eigenvalue weighted by molar-refractivity contribution is 7.95. The van der Waals surface area contributed by atoms with E-state index in [1.807, 2.05) is 0 Å². The van der Waals surface area contributed by atoms with Crippen molar-refractivity contribution in [2.24, 2.45) is 0 Å². The van der Waals surface area contributed by atoms with Gasteiger partial charge in [0.25, 0.3) is 0 Å². The Morgan fingerprint density at radius 2 is 0.791 bits per heavy atom. The Balaban J connectivity index is 1.46. The summed E-state index contributed by atoms with van der Waals surface area (Å²) < 4.78 is 0. The number of fused-ring (bicyclic) bond motifs is 1. The van der Waals surface area contributed by atoms with Crippen molar-refractivity contribution < 1.29 is 0 Å². The summed E-state index contributed by atoms with van der Waals surface area (Å²) >= 11 is 0. The van der Waals surface area contributed by atoms with Gasteiger partial charge in [0, 0.05) is 0 Å². The number of aromatic nitrogens is 2. The second kappa shape index (κ2) is 11.8. The third kappa shape index (κ3) is 5.16. The molecule has 0 amide bonds. The van der Waals surface area contributed by atoms with Crippen molar-refractivity contribution >= 4 is 34.2 Å². The summed E-state index contributed by atoms with van der Waals surface area (Å²) in [6.07, 6.45) is 0.793. The summed E-state index contributed by atoms with van der Waals surface area (Å²) in [7, 11) is -2.11. The number of rotatable bonds is 7. The first-order chi connectivity index (χ1) is 21.2. The van der Waals surface area contributed by atoms with E-state index in [1.54, 1.807) is 0 Å². The lowest BCUT2D eigenvalue weighted by Crippen LogP contribution is -2.33. The van der Waals surface area contributed by atoms with E-state index >= 15 is 0 Å². The molecule has 0 fully saturated rings. The molecule has 0 atom stereocenters. The van der Waals surface area contributed by atoms with Gasteiger partial charge in [0.2, 0.25) is 0 Å². The third-order valence-corrected chi connectivity index (χ3v) is 12.5. The minimum atomic E-state index is -2.11. The fraction of sp³-hybridized carbons (Fsp3) is 0.0500. The van der Waals surface area contributed by atoms with Crippen LogP contribution in [0.3, 0.4) is 0 Å². The van der Waals surface area contributed by atoms with Crippen LogP contribution < -0.4 is 15.9 Å². The normalized spacial score (nSPS) is 11.5. The van der Waals surface area contributed by atoms with E-state index < -0.39 is 7.26 Å². The van der Waals surface area contributed by atoms with Crippen molar-refractivity contribution in [3.8, 4) is 22.3 Å². The van der Waals surface area contributed by atoms with Gasteiger partial charge >= 0.3 is 0 Å². The molecule has 6 aromatic carbocycles. The largest absolute Gasteiger partial charge is 0.249 e. The molecule has 0 N–H and O–H groups in total. The summed E-state index contributed by atoms with van der Waals surface area (Å²) in [6.45, 7) is 2.12. The van der Waals surface area contributed by atoms with Gasteiger partial charge < -0.3 is 0 Å². The molecule has 2 nitrogen and oxygen atoms in total. The van der Waals surface area contributed by atoms with Crippen LogP contribution in [0.15, 0.2) is 164 Å². The van der Waals surface area contributed by atoms with E-state index in [0.29, 0.717) is 0 Å². The Hall–Kier alpha value is -4.91. The quantitative estimate of drug-likeness (QED) is 0.179. The maximum atomic E-state index is 5.42. The Bertz CT molecular complexity index is 1880. The topological polar surface area (TPSA) is 25.8 Å². The van der Waals surface area contributed by atoms with E-state index in [2.05, 4.69) is 171 Å². The number of hydrogen-bond donors (Lipinski definition) is 0. The lowest BCUT2D eigenvalue weighted by atomic mass is 9.93. The predicted molar refractivity (Wildman–Crippen MR) is 184 cm³/mol. The first kappa shape index (κ1) is 27.0. The molecular weight excluding hydrogens is 539 g/mol. The van der Waals surface area contributed by atoms with E-state index in [4.69, 9.17) is 9.97 Å². The number of nitrogens with zero attached hydrogens (tertiary/aromatic N) is 2. The highest BCUT2D eigenvalue weighted by Gasteiger charge is 2.46. The van der Waals surface area contributed by atoms with Gasteiger partial charge in [-0.1, -0.05) is 115 Å². The molecule has 0 aliphatic carbocycles. The van der Waals surface area contributed by atoms with Crippen LogP contribution in [0.4, 0.5) is 0 Å². The molecule has 0 saturated heterocycles. The van der Waals surface area contributed by atoms with Crippen LogP contribution in [0.25, 0.3) is 33.3 Å². The zero-order valence-electron chi connectivity index (χ0n) is 24.1. The monoisotopic (exact) mass is 571 g/mol. The summed E-state index contributed by atoms with van der Waals surface area (Å²) in [5.74, 6) is 0. The molecule has 43 heavy (non-hydrogen) atoms. The second-order valence-electron chi connectivity index (χ2n) is 10.8. The molecule has 0 aliphatic rings. The maximum Gasteiger partial charge on any atom is 0.118 e. The maximum absolute atomic E-state index is 5.42. The Morgan fingerprint density at radius 1 is 0.442 bits per heavy atom. The SMILES string of the molecule is Cc1nc2cc(-c3ccccc3)c(-c3ccccc3)cc2nc1C[P+](c1ccccc1)(c1ccccc1)c1ccccc1. The first-order valence-corrected chi connectivity index (χ1v) is 16.7. The van der Waals surface area contributed by atoms with Crippen LogP contribution in [0.2, 0.25) is 0 Å². The van der Waals surface area contributed by atoms with Gasteiger partial charge in [0.05, 0.1) is 16.7 Å². The van der Waals surface area contributed by atoms with Crippen molar-refractivity contribution in [1.82, 2.24) is 9.97 Å². The number of benzene rings is 6. The fourth-order valence-corrected chi connectivity index (χ4v) is 10.3. The lowest BCUT2D eigenvalue weighted by molar-refractivity contribution is 1.08. The van der Waals surface area contributed by atoms with Crippen molar-refractivity contribution in [2.75, 3.05) is 0 Å². The Kier molecular flexibility index (Phi) is 7.37. The van der Waals surface area contributed by atoms with Gasteiger partial charge in [-0.05, 0) is 77.7 Å². The van der Waals surface area contributed by atoms with Crippen LogP contribution in [-0.4, -0.2) is 9.97 Å². The summed E-state index contributed by atoms with van der Waals surface area (Å²) in [6, 6.07) is 58.6. The summed E-state index contributed by atoms with van der Waals surface area (Å²) in [5, 5.41) is 4.04. The van der Waals surface area contributed by atoms with E-state index in [0.717, 1.165) is 28.6 Å². The third-order valence-electron chi connectivity index (χ3n) is 8.22. The molecule has 7 aromatic rings. The minimum absolute atomic E-state index is 0.793. The molecule has 0 aliphatic heterocycles. The lowest BCUT2D eigenvalue weighted by Gasteiger charge is -2.28. The molecule has 206 valence electrons. The van der Waals surface area contributed by atoms with E-state index in [-0.39, 0.29) is 0 Å². The average molecular weight is 572 g/mol. The van der Waals surface area contributed by atoms with Crippen molar-refractivity contribution in [2.45, 2.75) is 13.1 Å². The Labute approximate surface area is 254 Å². The smallest absolute Gasteiger partial charge is 0.118 e. The van der Waals surface area contributed by atoms with Gasteiger partial charge in [0.1, 0.15) is 35.0 Å². The van der Waals surface area contributed by atoms with Gasteiger partial charge in [-0.3, -0.25) is 0 Å². The van der Waals surface area contributed by atoms with Crippen LogP contribution in [0.1, 0.15) is 11.4 Å². The van der Waals surface area contributed by atoms with Crippen molar-refractivity contribution in [1.29, 1.82) is 0 Å². The van der Waals surface area contributed by atoms with E-state index in [9.17, 15) is 0 Å². The summed E-state index contributed by atoms with van der Waals surface area (Å²) in [5.41, 5.74) is 8.55. The van der Waals surface area contributed by atoms with Gasteiger partial charge in [0.15, 0.2) is 0 Å². The van der Waals surface area contributed by atoms with E-state index in [1.165, 1.54) is 38.2 Å². The molecule has 7 rings (SSSR count). The molecule has 1 aromatic heterocycles. The molecule has 1 heterocycles. The first-order valence-electron chi connectivity index (χ1n) is 14.7. The molecule has 0 radical (unpaired) electrons. The van der Waals surface area contributed by atoms with Crippen LogP contribution in [0, 0.1) is 6.92 Å². The Morgan fingerprint density at radius 3 is 1.19 bits per heavy atom. The number of hydrogen-bond acceptors (Lipinski definition) is 2. The molecule has 0 unspecified atom stereocenters. The highest BCUT2D eigenvalue weighted by atomic mass is 31.2. The fourth-order valence-electron chi connectivity index (χ4n) is 6.08. The summed E-state index contributed by atoms with van der Waals surface area (Å²) in [4.78, 5) is 10.6. The van der Waals surface area contributed by atoms with Crippen LogP contribution >= 0.6 is 7.26 Å². The molecule has 3 heteroatoms. The minimum Gasteiger partial charge on any atom is -0.249 e. The van der Waals surface area contributed by atoms with Crippen LogP contribution in [-0.2, 0) is 6.16 Å². The molecular formula is C40H32N2P+. The average Bonchev–Trinajstić information content (AvgIpc) is 3.09. The number of aryl methyl sites for hydroxylation is 1. The highest BCUT2D eigenvalue weighted by Crippen LogP contribution is 2.58. The zero-order valence-corrected chi connectivity index (χ0v) is 25.0. The van der Waals surface area contributed by atoms with Crippen molar-refractivity contribution in [3.63, 3.8) is 0 Å². The standard InChI is InChI=1S/C40H32N2P/c1-30-40(29-43(33-21-11-4-12-22-33,34-23-13-5-14-24-34)35-25-15-6-16-26-35)42-39-28-37(32-19-9-3-10-20-32)36(27-38(39)41-30)31-17-7-2-8-18-31/h2-28H,29H2,1H3/q+1.